The van der Waals surface area contributed by atoms with Gasteiger partial charge in [-0.15, -0.1) is 0 Å². The lowest BCUT2D eigenvalue weighted by atomic mass is 10.2. The van der Waals surface area contributed by atoms with Crippen molar-refractivity contribution in [3.8, 4) is 0 Å². The third kappa shape index (κ3) is 3.51. The first-order valence-electron chi connectivity index (χ1n) is 5.06. The van der Waals surface area contributed by atoms with Crippen LogP contribution < -0.4 is 5.73 Å². The van der Waals surface area contributed by atoms with Crippen molar-refractivity contribution < 1.29 is 14.3 Å². The zero-order valence-corrected chi connectivity index (χ0v) is 9.45. The summed E-state index contributed by atoms with van der Waals surface area (Å²) in [6, 6.07) is -0.451. The molecular weight excluding hydrogens is 196 g/mol. The highest BCUT2D eigenvalue weighted by atomic mass is 16.6. The molecule has 1 rings (SSSR count). The molecular formula is C10H18N2O3. The first-order chi connectivity index (χ1) is 6.79. The smallest absolute Gasteiger partial charge is 0.326 e. The highest BCUT2D eigenvalue weighted by Crippen LogP contribution is 2.11. The Bertz CT molecular complexity index is 270. The highest BCUT2D eigenvalue weighted by Gasteiger charge is 2.30. The fraction of sp³-hybridized carbons (Fsp3) is 0.800. The summed E-state index contributed by atoms with van der Waals surface area (Å²) in [4.78, 5) is 24.3. The minimum atomic E-state index is -0.512. The van der Waals surface area contributed by atoms with Crippen molar-refractivity contribution >= 4 is 11.9 Å². The number of hydrogen-bond acceptors (Lipinski definition) is 4. The Balaban J connectivity index is 2.43. The predicted octanol–water partition coefficient (Wildman–Crippen LogP) is -0.112. The molecule has 0 aromatic rings. The maximum atomic E-state index is 11.4. The molecule has 5 heteroatoms. The average Bonchev–Trinajstić information content (AvgIpc) is 2.32. The van der Waals surface area contributed by atoms with Gasteiger partial charge in [-0.25, -0.2) is 0 Å². The van der Waals surface area contributed by atoms with Crippen molar-refractivity contribution in [3.63, 3.8) is 0 Å². The van der Waals surface area contributed by atoms with Gasteiger partial charge in [0.25, 0.3) is 0 Å². The van der Waals surface area contributed by atoms with Crippen LogP contribution in [0, 0.1) is 0 Å². The zero-order chi connectivity index (χ0) is 11.6. The Kier molecular flexibility index (Phi) is 3.34. The van der Waals surface area contributed by atoms with E-state index in [-0.39, 0.29) is 18.4 Å². The molecule has 86 valence electrons. The number of likely N-dealkylation sites (tertiary alicyclic amines) is 1. The number of nitrogens with two attached hydrogens (primary N) is 1. The molecule has 0 bridgehead atoms. The maximum Gasteiger partial charge on any atom is 0.326 e. The molecule has 1 heterocycles. The van der Waals surface area contributed by atoms with E-state index in [1.165, 1.54) is 4.90 Å². The molecule has 1 fully saturated rings. The molecule has 0 saturated carbocycles. The van der Waals surface area contributed by atoms with Crippen molar-refractivity contribution in [1.82, 2.24) is 4.90 Å². The van der Waals surface area contributed by atoms with Gasteiger partial charge in [0.1, 0.15) is 12.1 Å². The lowest BCUT2D eigenvalue weighted by Gasteiger charge is -2.22. The monoisotopic (exact) mass is 214 g/mol. The van der Waals surface area contributed by atoms with Gasteiger partial charge in [-0.1, -0.05) is 0 Å². The van der Waals surface area contributed by atoms with Crippen LogP contribution in [-0.4, -0.2) is 41.5 Å². The number of amides is 1. The number of esters is 1. The molecule has 0 aromatic carbocycles. The normalized spacial score (nSPS) is 22.0. The Hall–Kier alpha value is -1.10. The van der Waals surface area contributed by atoms with E-state index in [9.17, 15) is 9.59 Å². The van der Waals surface area contributed by atoms with E-state index in [4.69, 9.17) is 10.5 Å². The van der Waals surface area contributed by atoms with Crippen LogP contribution in [0.4, 0.5) is 0 Å². The summed E-state index contributed by atoms with van der Waals surface area (Å²) in [5.74, 6) is -0.550. The summed E-state index contributed by atoms with van der Waals surface area (Å²) in [5, 5.41) is 0. The van der Waals surface area contributed by atoms with Crippen LogP contribution in [0.5, 0.6) is 0 Å². The molecule has 2 N–H and O–H groups in total. The van der Waals surface area contributed by atoms with Crippen molar-refractivity contribution in [2.75, 3.05) is 13.1 Å². The maximum absolute atomic E-state index is 11.4. The Labute approximate surface area is 89.6 Å². The highest BCUT2D eigenvalue weighted by molar-refractivity contribution is 5.87. The van der Waals surface area contributed by atoms with Gasteiger partial charge in [0.2, 0.25) is 5.91 Å². The number of ether oxygens (including phenoxy) is 1. The van der Waals surface area contributed by atoms with Crippen LogP contribution in [0.3, 0.4) is 0 Å². The van der Waals surface area contributed by atoms with Gasteiger partial charge in [0.15, 0.2) is 0 Å². The lowest BCUT2D eigenvalue weighted by Crippen LogP contribution is -2.39. The molecule has 0 aliphatic carbocycles. The Morgan fingerprint density at radius 2 is 2.20 bits per heavy atom. The molecule has 15 heavy (non-hydrogen) atoms. The van der Waals surface area contributed by atoms with Crippen LogP contribution in [0.15, 0.2) is 0 Å². The first kappa shape index (κ1) is 12.0. The second-order valence-electron chi connectivity index (χ2n) is 4.74. The third-order valence-corrected chi connectivity index (χ3v) is 2.08. The molecule has 0 unspecified atom stereocenters. The Morgan fingerprint density at radius 3 is 2.60 bits per heavy atom. The number of rotatable bonds is 2. The standard InChI is InChI=1S/C10H18N2O3/c1-10(2,3)15-8(13)6-12-5-4-7(11)9(12)14/h7H,4-6,11H2,1-3H3/t7-/m1/s1. The van der Waals surface area contributed by atoms with Gasteiger partial charge in [0.05, 0.1) is 6.04 Å². The number of nitrogens with zero attached hydrogens (tertiary/aromatic N) is 1. The van der Waals surface area contributed by atoms with E-state index in [0.29, 0.717) is 13.0 Å². The van der Waals surface area contributed by atoms with E-state index in [1.54, 1.807) is 20.8 Å². The quantitative estimate of drug-likeness (QED) is 0.651. The lowest BCUT2D eigenvalue weighted by molar-refractivity contribution is -0.158. The van der Waals surface area contributed by atoms with Gasteiger partial charge in [0, 0.05) is 6.54 Å². The molecule has 1 aliphatic rings. The van der Waals surface area contributed by atoms with Gasteiger partial charge in [-0.3, -0.25) is 9.59 Å². The average molecular weight is 214 g/mol. The molecule has 1 saturated heterocycles. The summed E-state index contributed by atoms with van der Waals surface area (Å²) in [5.41, 5.74) is 5.02. The Morgan fingerprint density at radius 1 is 1.60 bits per heavy atom. The first-order valence-corrected chi connectivity index (χ1v) is 5.06. The third-order valence-electron chi connectivity index (χ3n) is 2.08. The zero-order valence-electron chi connectivity index (χ0n) is 9.45. The van der Waals surface area contributed by atoms with Crippen molar-refractivity contribution in [3.05, 3.63) is 0 Å². The SMILES string of the molecule is CC(C)(C)OC(=O)CN1CC[C@@H](N)C1=O. The van der Waals surface area contributed by atoms with Crippen LogP contribution in [0.2, 0.25) is 0 Å². The molecule has 0 radical (unpaired) electrons. The minimum Gasteiger partial charge on any atom is -0.459 e. The summed E-state index contributed by atoms with van der Waals surface area (Å²) >= 11 is 0. The van der Waals surface area contributed by atoms with Gasteiger partial charge in [-0.2, -0.15) is 0 Å². The van der Waals surface area contributed by atoms with Gasteiger partial charge in [-0.05, 0) is 27.2 Å². The van der Waals surface area contributed by atoms with Crippen LogP contribution >= 0.6 is 0 Å². The van der Waals surface area contributed by atoms with Crippen LogP contribution in [-0.2, 0) is 14.3 Å². The molecule has 5 nitrogen and oxygen atoms in total. The second kappa shape index (κ2) is 4.18. The van der Waals surface area contributed by atoms with E-state index in [1.807, 2.05) is 0 Å². The van der Waals surface area contributed by atoms with Gasteiger partial charge < -0.3 is 15.4 Å². The van der Waals surface area contributed by atoms with E-state index in [2.05, 4.69) is 0 Å². The van der Waals surface area contributed by atoms with Crippen molar-refractivity contribution in [2.24, 2.45) is 5.73 Å². The van der Waals surface area contributed by atoms with E-state index < -0.39 is 11.6 Å². The number of carbonyl (C=O) groups is 2. The van der Waals surface area contributed by atoms with Crippen LogP contribution in [0.1, 0.15) is 27.2 Å². The minimum absolute atomic E-state index is 0.00377. The largest absolute Gasteiger partial charge is 0.459 e. The fourth-order valence-electron chi connectivity index (χ4n) is 1.45. The summed E-state index contributed by atoms with van der Waals surface area (Å²) in [6.45, 7) is 5.93. The molecule has 0 spiro atoms. The molecule has 1 atom stereocenters. The van der Waals surface area contributed by atoms with Crippen molar-refractivity contribution in [1.29, 1.82) is 0 Å². The van der Waals surface area contributed by atoms with Crippen molar-refractivity contribution in [2.45, 2.75) is 38.8 Å². The summed E-state index contributed by atoms with van der Waals surface area (Å²) in [7, 11) is 0. The molecule has 1 amide bonds. The number of hydrogen-bond donors (Lipinski definition) is 1. The predicted molar refractivity (Wildman–Crippen MR) is 55.0 cm³/mol. The fourth-order valence-corrected chi connectivity index (χ4v) is 1.45. The van der Waals surface area contributed by atoms with Crippen LogP contribution in [0.25, 0.3) is 0 Å². The number of carbonyl (C=O) groups excluding carboxylic acids is 2. The second-order valence-corrected chi connectivity index (χ2v) is 4.74. The summed E-state index contributed by atoms with van der Waals surface area (Å²) in [6.07, 6.45) is 0.613. The summed E-state index contributed by atoms with van der Waals surface area (Å²) < 4.78 is 5.11. The van der Waals surface area contributed by atoms with Gasteiger partial charge >= 0.3 is 5.97 Å². The van der Waals surface area contributed by atoms with E-state index in [0.717, 1.165) is 0 Å². The molecule has 0 aromatic heterocycles. The topological polar surface area (TPSA) is 72.6 Å². The molecule has 1 aliphatic heterocycles. The van der Waals surface area contributed by atoms with E-state index >= 15 is 0 Å².